The molecule has 4 heteroatoms. The summed E-state index contributed by atoms with van der Waals surface area (Å²) in [4.78, 5) is 0. The van der Waals surface area contributed by atoms with Crippen LogP contribution in [0, 0.1) is 5.92 Å². The molecule has 2 aliphatic heterocycles. The molecule has 2 bridgehead atoms. The highest BCUT2D eigenvalue weighted by Gasteiger charge is 2.48. The smallest absolute Gasteiger partial charge is 0.116 e. The fourth-order valence-electron chi connectivity index (χ4n) is 5.18. The van der Waals surface area contributed by atoms with Gasteiger partial charge in [-0.2, -0.15) is 22.7 Å². The fourth-order valence-corrected chi connectivity index (χ4v) is 6.63. The van der Waals surface area contributed by atoms with Gasteiger partial charge in [0.25, 0.3) is 0 Å². The van der Waals surface area contributed by atoms with Crippen molar-refractivity contribution < 1.29 is 9.59 Å². The molecule has 2 aromatic rings. The molecular formula is C20H28NOS2+. The van der Waals surface area contributed by atoms with Crippen molar-refractivity contribution in [3.8, 4) is 0 Å². The van der Waals surface area contributed by atoms with Crippen LogP contribution in [0.5, 0.6) is 0 Å². The Kier molecular flexibility index (Phi) is 4.36. The van der Waals surface area contributed by atoms with Crippen molar-refractivity contribution in [2.75, 3.05) is 14.1 Å². The van der Waals surface area contributed by atoms with E-state index in [1.165, 1.54) is 36.6 Å². The van der Waals surface area contributed by atoms with Gasteiger partial charge < -0.3 is 9.59 Å². The molecule has 0 aliphatic carbocycles. The van der Waals surface area contributed by atoms with Gasteiger partial charge >= 0.3 is 0 Å². The Hall–Kier alpha value is -0.680. The van der Waals surface area contributed by atoms with Crippen LogP contribution < -0.4 is 0 Å². The third-order valence-corrected chi connectivity index (χ3v) is 8.12. The van der Waals surface area contributed by atoms with Gasteiger partial charge in [-0.25, -0.2) is 0 Å². The molecule has 4 heterocycles. The summed E-state index contributed by atoms with van der Waals surface area (Å²) in [6, 6.07) is 5.76. The molecule has 2 aliphatic rings. The molecule has 2 saturated heterocycles. The summed E-state index contributed by atoms with van der Waals surface area (Å²) in [6.07, 6.45) is 7.50. The number of hydrogen-bond donors (Lipinski definition) is 1. The van der Waals surface area contributed by atoms with Crippen LogP contribution in [0.1, 0.15) is 49.7 Å². The van der Waals surface area contributed by atoms with Gasteiger partial charge in [0.05, 0.1) is 26.2 Å². The predicted octanol–water partition coefficient (Wildman–Crippen LogP) is 4.84. The van der Waals surface area contributed by atoms with Crippen LogP contribution in [0.15, 0.2) is 33.7 Å². The minimum absolute atomic E-state index is 0.622. The Balaban J connectivity index is 1.61. The van der Waals surface area contributed by atoms with Crippen molar-refractivity contribution in [2.45, 2.75) is 56.2 Å². The number of piperidine rings is 2. The summed E-state index contributed by atoms with van der Waals surface area (Å²) in [5, 5.41) is 20.1. The molecule has 24 heavy (non-hydrogen) atoms. The van der Waals surface area contributed by atoms with Crippen molar-refractivity contribution >= 4 is 22.7 Å². The van der Waals surface area contributed by atoms with E-state index in [9.17, 15) is 5.11 Å². The second-order valence-electron chi connectivity index (χ2n) is 8.29. The molecule has 0 aromatic carbocycles. The molecule has 2 fully saturated rings. The van der Waals surface area contributed by atoms with Crippen LogP contribution in [-0.4, -0.2) is 35.8 Å². The number of quaternary nitrogens is 1. The Morgan fingerprint density at radius 3 is 2.04 bits per heavy atom. The monoisotopic (exact) mass is 362 g/mol. The van der Waals surface area contributed by atoms with E-state index >= 15 is 0 Å². The second kappa shape index (κ2) is 6.24. The van der Waals surface area contributed by atoms with E-state index in [-0.39, 0.29) is 0 Å². The average Bonchev–Trinajstić information content (AvgIpc) is 3.22. The second-order valence-corrected chi connectivity index (χ2v) is 9.85. The highest BCUT2D eigenvalue weighted by Crippen LogP contribution is 2.46. The van der Waals surface area contributed by atoms with Crippen molar-refractivity contribution in [3.05, 3.63) is 44.8 Å². The van der Waals surface area contributed by atoms with Crippen LogP contribution >= 0.6 is 22.7 Å². The normalized spacial score (nSPS) is 29.5. The van der Waals surface area contributed by atoms with Gasteiger partial charge in [-0.1, -0.05) is 0 Å². The average molecular weight is 363 g/mol. The number of fused-ring (bicyclic) bond motifs is 2. The zero-order chi connectivity index (χ0) is 16.8. The highest BCUT2D eigenvalue weighted by molar-refractivity contribution is 7.08. The molecule has 0 radical (unpaired) electrons. The molecule has 2 atom stereocenters. The molecule has 2 unspecified atom stereocenters. The first-order chi connectivity index (χ1) is 11.5. The predicted molar refractivity (Wildman–Crippen MR) is 103 cm³/mol. The maximum Gasteiger partial charge on any atom is 0.116 e. The zero-order valence-corrected chi connectivity index (χ0v) is 16.3. The fraction of sp³-hybridized carbons (Fsp3) is 0.600. The van der Waals surface area contributed by atoms with Crippen LogP contribution in [-0.2, 0) is 5.60 Å². The molecule has 4 rings (SSSR count). The van der Waals surface area contributed by atoms with E-state index in [2.05, 4.69) is 47.7 Å². The molecule has 0 amide bonds. The van der Waals surface area contributed by atoms with Crippen molar-refractivity contribution in [1.29, 1.82) is 0 Å². The van der Waals surface area contributed by atoms with Gasteiger partial charge in [-0.3, -0.25) is 0 Å². The van der Waals surface area contributed by atoms with E-state index in [0.29, 0.717) is 5.92 Å². The summed E-state index contributed by atoms with van der Waals surface area (Å²) < 4.78 is 1.20. The Morgan fingerprint density at radius 1 is 1.04 bits per heavy atom. The standard InChI is InChI=1S/C20H28NOS2/c1-21(2)18-4-3-5-19(21)11-15(10-18)12-20(22,16-6-8-23-13-16)17-7-9-24-14-17/h6-9,13-15,18-19,22H,3-5,10-12H2,1-2H3/q+1. The Bertz CT molecular complexity index is 612. The molecule has 1 N–H and O–H groups in total. The number of rotatable bonds is 4. The lowest BCUT2D eigenvalue weighted by molar-refractivity contribution is -0.950. The topological polar surface area (TPSA) is 20.2 Å². The minimum atomic E-state index is -0.812. The minimum Gasteiger partial charge on any atom is -0.380 e. The van der Waals surface area contributed by atoms with Crippen molar-refractivity contribution in [3.63, 3.8) is 0 Å². The molecule has 0 saturated carbocycles. The van der Waals surface area contributed by atoms with Crippen LogP contribution in [0.25, 0.3) is 0 Å². The van der Waals surface area contributed by atoms with Crippen LogP contribution in [0.4, 0.5) is 0 Å². The van der Waals surface area contributed by atoms with Gasteiger partial charge in [0.1, 0.15) is 5.60 Å². The van der Waals surface area contributed by atoms with Gasteiger partial charge in [0.15, 0.2) is 0 Å². The maximum absolute atomic E-state index is 11.7. The molecule has 2 aromatic heterocycles. The van der Waals surface area contributed by atoms with Crippen LogP contribution in [0.2, 0.25) is 0 Å². The zero-order valence-electron chi connectivity index (χ0n) is 14.6. The lowest BCUT2D eigenvalue weighted by atomic mass is 9.71. The quantitative estimate of drug-likeness (QED) is 0.771. The van der Waals surface area contributed by atoms with E-state index in [4.69, 9.17) is 0 Å². The largest absolute Gasteiger partial charge is 0.380 e. The lowest BCUT2D eigenvalue weighted by Crippen LogP contribution is -2.62. The molecule has 2 nitrogen and oxygen atoms in total. The highest BCUT2D eigenvalue weighted by atomic mass is 32.1. The van der Waals surface area contributed by atoms with E-state index < -0.39 is 5.60 Å². The van der Waals surface area contributed by atoms with Gasteiger partial charge in [-0.15, -0.1) is 0 Å². The summed E-state index contributed by atoms with van der Waals surface area (Å²) in [7, 11) is 4.85. The number of thiophene rings is 2. The summed E-state index contributed by atoms with van der Waals surface area (Å²) in [5.74, 6) is 0.622. The van der Waals surface area contributed by atoms with Crippen molar-refractivity contribution in [1.82, 2.24) is 0 Å². The van der Waals surface area contributed by atoms with Crippen LogP contribution in [0.3, 0.4) is 0 Å². The maximum atomic E-state index is 11.7. The Labute approximate surface area is 153 Å². The number of nitrogens with zero attached hydrogens (tertiary/aromatic N) is 1. The molecule has 130 valence electrons. The first-order valence-electron chi connectivity index (χ1n) is 9.11. The SMILES string of the molecule is C[N+]1(C)C2CCCC1CC(CC(O)(c1ccsc1)c1ccsc1)C2. The van der Waals surface area contributed by atoms with E-state index in [1.54, 1.807) is 22.7 Å². The van der Waals surface area contributed by atoms with Gasteiger partial charge in [0, 0.05) is 12.8 Å². The number of aliphatic hydroxyl groups is 1. The van der Waals surface area contributed by atoms with Gasteiger partial charge in [-0.05, 0) is 76.4 Å². The third-order valence-electron chi connectivity index (χ3n) is 6.75. The third kappa shape index (κ3) is 2.78. The number of hydrogen-bond acceptors (Lipinski definition) is 3. The summed E-state index contributed by atoms with van der Waals surface area (Å²) >= 11 is 3.37. The van der Waals surface area contributed by atoms with Crippen molar-refractivity contribution in [2.24, 2.45) is 5.92 Å². The van der Waals surface area contributed by atoms with E-state index in [0.717, 1.165) is 29.6 Å². The van der Waals surface area contributed by atoms with E-state index in [1.807, 2.05) is 0 Å². The summed E-state index contributed by atoms with van der Waals surface area (Å²) in [6.45, 7) is 0. The Morgan fingerprint density at radius 2 is 1.58 bits per heavy atom. The van der Waals surface area contributed by atoms with Gasteiger partial charge in [0.2, 0.25) is 0 Å². The summed E-state index contributed by atoms with van der Waals surface area (Å²) in [5.41, 5.74) is 1.35. The molecular weight excluding hydrogens is 334 g/mol. The lowest BCUT2D eigenvalue weighted by Gasteiger charge is -2.54. The first kappa shape index (κ1) is 16.8. The first-order valence-corrected chi connectivity index (χ1v) is 11.0. The molecule has 0 spiro atoms.